The predicted octanol–water partition coefficient (Wildman–Crippen LogP) is 4.81. The Morgan fingerprint density at radius 3 is 1.88 bits per heavy atom. The Bertz CT molecular complexity index is 139. The van der Waals surface area contributed by atoms with Crippen molar-refractivity contribution in [2.24, 2.45) is 0 Å². The Hall–Kier alpha value is -0.120. The van der Waals surface area contributed by atoms with Crippen LogP contribution in [0.2, 0.25) is 0 Å². The third-order valence-corrected chi connectivity index (χ3v) is 2.99. The number of rotatable bonds is 13. The molecule has 3 heteroatoms. The molecule has 1 atom stereocenters. The van der Waals surface area contributed by atoms with Crippen LogP contribution in [0.4, 0.5) is 0 Å². The molecule has 0 aromatic carbocycles. The third kappa shape index (κ3) is 13.8. The van der Waals surface area contributed by atoms with E-state index in [1.54, 1.807) is 0 Å². The maximum absolute atomic E-state index is 4.94. The first-order valence-electron chi connectivity index (χ1n) is 7.17. The standard InChI is InChI=1S/C14H30O3/c1-4-5-6-7-8-9-10-11-12-13-14(2)16-17-15-3/h14H,4-13H2,1-3H3. The SMILES string of the molecule is CCCCCCCCCCCC(C)OOOC. The van der Waals surface area contributed by atoms with Gasteiger partial charge in [0.1, 0.15) is 0 Å². The molecule has 0 aromatic heterocycles. The van der Waals surface area contributed by atoms with E-state index < -0.39 is 0 Å². The van der Waals surface area contributed by atoms with E-state index in [-0.39, 0.29) is 6.10 Å². The van der Waals surface area contributed by atoms with Crippen LogP contribution in [0.3, 0.4) is 0 Å². The average Bonchev–Trinajstić information content (AvgIpc) is 2.34. The van der Waals surface area contributed by atoms with Crippen molar-refractivity contribution in [1.29, 1.82) is 0 Å². The minimum Gasteiger partial charge on any atom is -0.210 e. The van der Waals surface area contributed by atoms with E-state index in [4.69, 9.17) is 4.89 Å². The van der Waals surface area contributed by atoms with Gasteiger partial charge in [0.2, 0.25) is 0 Å². The lowest BCUT2D eigenvalue weighted by Crippen LogP contribution is -2.08. The fourth-order valence-corrected chi connectivity index (χ4v) is 1.90. The van der Waals surface area contributed by atoms with Gasteiger partial charge in [-0.2, -0.15) is 0 Å². The lowest BCUT2D eigenvalue weighted by atomic mass is 10.1. The quantitative estimate of drug-likeness (QED) is 0.265. The zero-order valence-corrected chi connectivity index (χ0v) is 11.9. The molecule has 3 nitrogen and oxygen atoms in total. The zero-order chi connectivity index (χ0) is 12.8. The maximum atomic E-state index is 4.94. The van der Waals surface area contributed by atoms with Crippen molar-refractivity contribution in [3.63, 3.8) is 0 Å². The molecule has 0 N–H and O–H groups in total. The van der Waals surface area contributed by atoms with Gasteiger partial charge in [0.05, 0.1) is 13.2 Å². The van der Waals surface area contributed by atoms with Crippen LogP contribution in [0.15, 0.2) is 0 Å². The second kappa shape index (κ2) is 13.9. The van der Waals surface area contributed by atoms with Crippen LogP contribution in [0.5, 0.6) is 0 Å². The second-order valence-corrected chi connectivity index (χ2v) is 4.76. The number of unbranched alkanes of at least 4 members (excludes halogenated alkanes) is 8. The van der Waals surface area contributed by atoms with Crippen LogP contribution in [-0.2, 0) is 14.8 Å². The summed E-state index contributed by atoms with van der Waals surface area (Å²) in [7, 11) is 1.45. The molecule has 17 heavy (non-hydrogen) atoms. The normalized spacial score (nSPS) is 12.9. The highest BCUT2D eigenvalue weighted by molar-refractivity contribution is 4.51. The summed E-state index contributed by atoms with van der Waals surface area (Å²) in [6.45, 7) is 4.26. The largest absolute Gasteiger partial charge is 0.210 e. The minimum absolute atomic E-state index is 0.125. The summed E-state index contributed by atoms with van der Waals surface area (Å²) >= 11 is 0. The van der Waals surface area contributed by atoms with E-state index in [0.29, 0.717) is 0 Å². The minimum atomic E-state index is 0.125. The lowest BCUT2D eigenvalue weighted by Gasteiger charge is -2.09. The molecule has 0 saturated heterocycles. The fraction of sp³-hybridized carbons (Fsp3) is 1.00. The van der Waals surface area contributed by atoms with Gasteiger partial charge in [0.25, 0.3) is 0 Å². The van der Waals surface area contributed by atoms with Crippen molar-refractivity contribution < 1.29 is 14.8 Å². The van der Waals surface area contributed by atoms with E-state index >= 15 is 0 Å². The second-order valence-electron chi connectivity index (χ2n) is 4.76. The molecule has 0 aliphatic carbocycles. The first-order valence-corrected chi connectivity index (χ1v) is 7.17. The van der Waals surface area contributed by atoms with Crippen LogP contribution < -0.4 is 0 Å². The molecule has 1 unspecified atom stereocenters. The van der Waals surface area contributed by atoms with E-state index in [1.165, 1.54) is 64.9 Å². The van der Waals surface area contributed by atoms with Gasteiger partial charge in [0, 0.05) is 0 Å². The third-order valence-electron chi connectivity index (χ3n) is 2.99. The van der Waals surface area contributed by atoms with Crippen LogP contribution in [0.25, 0.3) is 0 Å². The summed E-state index contributed by atoms with van der Waals surface area (Å²) in [5.74, 6) is 0. The van der Waals surface area contributed by atoms with Crippen molar-refractivity contribution >= 4 is 0 Å². The molecule has 0 aromatic rings. The molecule has 0 aliphatic rings. The van der Waals surface area contributed by atoms with E-state index in [9.17, 15) is 0 Å². The Balaban J connectivity index is 3.02. The van der Waals surface area contributed by atoms with Crippen molar-refractivity contribution in [1.82, 2.24) is 0 Å². The number of hydrogen-bond donors (Lipinski definition) is 0. The lowest BCUT2D eigenvalue weighted by molar-refractivity contribution is -0.515. The van der Waals surface area contributed by atoms with Crippen LogP contribution in [-0.4, -0.2) is 13.2 Å². The highest BCUT2D eigenvalue weighted by atomic mass is 17.5. The molecule has 0 saturated carbocycles. The molecule has 0 radical (unpaired) electrons. The maximum Gasteiger partial charge on any atom is 0.0933 e. The van der Waals surface area contributed by atoms with Gasteiger partial charge in [-0.05, 0) is 13.3 Å². The summed E-state index contributed by atoms with van der Waals surface area (Å²) in [4.78, 5) is 9.32. The molecule has 0 aliphatic heterocycles. The molecular weight excluding hydrogens is 216 g/mol. The Morgan fingerprint density at radius 1 is 0.824 bits per heavy atom. The predicted molar refractivity (Wildman–Crippen MR) is 70.5 cm³/mol. The average molecular weight is 246 g/mol. The van der Waals surface area contributed by atoms with Gasteiger partial charge in [-0.25, -0.2) is 9.78 Å². The van der Waals surface area contributed by atoms with Gasteiger partial charge in [-0.15, -0.1) is 0 Å². The van der Waals surface area contributed by atoms with E-state index in [0.717, 1.165) is 6.42 Å². The zero-order valence-electron chi connectivity index (χ0n) is 11.9. The van der Waals surface area contributed by atoms with Crippen molar-refractivity contribution in [2.45, 2.75) is 84.2 Å². The van der Waals surface area contributed by atoms with Gasteiger partial charge >= 0.3 is 0 Å². The number of hydrogen-bond acceptors (Lipinski definition) is 3. The summed E-state index contributed by atoms with van der Waals surface area (Å²) in [6, 6.07) is 0. The van der Waals surface area contributed by atoms with Gasteiger partial charge < -0.3 is 0 Å². The molecule has 0 amide bonds. The molecular formula is C14H30O3. The summed E-state index contributed by atoms with van der Waals surface area (Å²) < 4.78 is 0. The highest BCUT2D eigenvalue weighted by Gasteiger charge is 2.02. The van der Waals surface area contributed by atoms with Crippen molar-refractivity contribution in [2.75, 3.05) is 7.11 Å². The van der Waals surface area contributed by atoms with Crippen molar-refractivity contribution in [3.8, 4) is 0 Å². The monoisotopic (exact) mass is 246 g/mol. The van der Waals surface area contributed by atoms with Gasteiger partial charge in [-0.3, -0.25) is 0 Å². The Labute approximate surface area is 107 Å². The molecule has 0 spiro atoms. The molecule has 0 rings (SSSR count). The Kier molecular flexibility index (Phi) is 13.8. The smallest absolute Gasteiger partial charge is 0.0933 e. The molecule has 104 valence electrons. The molecule has 0 heterocycles. The van der Waals surface area contributed by atoms with E-state index in [2.05, 4.69) is 16.8 Å². The van der Waals surface area contributed by atoms with Gasteiger partial charge in [-0.1, -0.05) is 69.7 Å². The molecule has 0 fully saturated rings. The topological polar surface area (TPSA) is 27.7 Å². The van der Waals surface area contributed by atoms with Crippen molar-refractivity contribution in [3.05, 3.63) is 0 Å². The van der Waals surface area contributed by atoms with Gasteiger partial charge in [0.15, 0.2) is 0 Å². The van der Waals surface area contributed by atoms with Crippen LogP contribution >= 0.6 is 0 Å². The Morgan fingerprint density at radius 2 is 1.35 bits per heavy atom. The van der Waals surface area contributed by atoms with Crippen LogP contribution in [0, 0.1) is 0 Å². The first-order chi connectivity index (χ1) is 8.31. The highest BCUT2D eigenvalue weighted by Crippen LogP contribution is 2.12. The van der Waals surface area contributed by atoms with E-state index in [1.807, 2.05) is 6.92 Å². The summed E-state index contributed by atoms with van der Waals surface area (Å²) in [6.07, 6.45) is 13.4. The fourth-order valence-electron chi connectivity index (χ4n) is 1.90. The summed E-state index contributed by atoms with van der Waals surface area (Å²) in [5, 5.41) is 4.43. The van der Waals surface area contributed by atoms with Crippen LogP contribution in [0.1, 0.15) is 78.1 Å². The summed E-state index contributed by atoms with van der Waals surface area (Å²) in [5.41, 5.74) is 0. The molecule has 0 bridgehead atoms. The first kappa shape index (κ1) is 16.9.